The Bertz CT molecular complexity index is 1350. The highest BCUT2D eigenvalue weighted by atomic mass is 19.1. The van der Waals surface area contributed by atoms with Crippen LogP contribution < -0.4 is 17.0 Å². The van der Waals surface area contributed by atoms with Crippen molar-refractivity contribution in [1.82, 2.24) is 9.55 Å². The fraction of sp³-hybridized carbons (Fsp3) is 0.125. The largest absolute Gasteiger partial charge is 0.382 e. The zero-order valence-corrected chi connectivity index (χ0v) is 18.2. The second-order valence-corrected chi connectivity index (χ2v) is 6.48. The van der Waals surface area contributed by atoms with Crippen LogP contribution in [-0.2, 0) is 11.2 Å². The molecule has 0 aliphatic rings. The number of nitrogens with two attached hydrogens (primary N) is 2. The zero-order chi connectivity index (χ0) is 24.5. The number of aliphatic imine (C=N–C) groups is 2. The van der Waals surface area contributed by atoms with Crippen molar-refractivity contribution in [2.45, 2.75) is 13.3 Å². The summed E-state index contributed by atoms with van der Waals surface area (Å²) in [6.07, 6.45) is 7.24. The SMILES string of the molecule is C#Cc1cccc2nc(CC)n(-c3ccc(F)cc3)c(=O)c12.C=CN=C(C(N)=O)C(N)=NC. The number of nitrogens with zero attached hydrogens (tertiary/aromatic N) is 4. The third-order valence-corrected chi connectivity index (χ3v) is 4.46. The van der Waals surface area contributed by atoms with E-state index in [1.165, 1.54) is 29.9 Å². The van der Waals surface area contributed by atoms with Gasteiger partial charge < -0.3 is 11.5 Å². The van der Waals surface area contributed by atoms with Crippen LogP contribution in [0.5, 0.6) is 0 Å². The molecular weight excluding hydrogens is 423 g/mol. The van der Waals surface area contributed by atoms with Gasteiger partial charge in [-0.25, -0.2) is 14.4 Å². The van der Waals surface area contributed by atoms with Crippen molar-refractivity contribution < 1.29 is 9.18 Å². The summed E-state index contributed by atoms with van der Waals surface area (Å²) in [5.74, 6) is 2.08. The molecule has 0 aliphatic heterocycles. The Morgan fingerprint density at radius 1 is 1.27 bits per heavy atom. The van der Waals surface area contributed by atoms with Gasteiger partial charge in [-0.1, -0.05) is 25.5 Å². The Labute approximate surface area is 190 Å². The highest BCUT2D eigenvalue weighted by molar-refractivity contribution is 6.66. The third kappa shape index (κ3) is 5.57. The number of amides is 1. The molecule has 4 N–H and O–H groups in total. The van der Waals surface area contributed by atoms with Crippen molar-refractivity contribution in [3.8, 4) is 18.0 Å². The molecule has 3 rings (SSSR count). The van der Waals surface area contributed by atoms with Crippen molar-refractivity contribution >= 4 is 28.4 Å². The summed E-state index contributed by atoms with van der Waals surface area (Å²) in [6, 6.07) is 11.0. The smallest absolute Gasteiger partial charge is 0.271 e. The highest BCUT2D eigenvalue weighted by Crippen LogP contribution is 2.16. The number of hydrogen-bond donors (Lipinski definition) is 2. The lowest BCUT2D eigenvalue weighted by atomic mass is 10.1. The average Bonchev–Trinajstić information content (AvgIpc) is 2.82. The number of hydrogen-bond acceptors (Lipinski definition) is 5. The van der Waals surface area contributed by atoms with E-state index in [1.807, 2.05) is 6.92 Å². The molecule has 1 amide bonds. The van der Waals surface area contributed by atoms with Gasteiger partial charge in [0.1, 0.15) is 17.5 Å². The molecule has 168 valence electrons. The van der Waals surface area contributed by atoms with Crippen molar-refractivity contribution in [3.63, 3.8) is 0 Å². The molecule has 3 aromatic rings. The first-order valence-electron chi connectivity index (χ1n) is 9.77. The first-order valence-corrected chi connectivity index (χ1v) is 9.77. The molecule has 1 aromatic heterocycles. The van der Waals surface area contributed by atoms with Gasteiger partial charge in [0.15, 0.2) is 5.71 Å². The molecule has 0 radical (unpaired) electrons. The summed E-state index contributed by atoms with van der Waals surface area (Å²) >= 11 is 0. The van der Waals surface area contributed by atoms with Gasteiger partial charge in [-0.15, -0.1) is 6.42 Å². The first-order chi connectivity index (χ1) is 15.8. The lowest BCUT2D eigenvalue weighted by molar-refractivity contribution is -0.111. The maximum Gasteiger partial charge on any atom is 0.271 e. The normalized spacial score (nSPS) is 11.3. The molecule has 9 heteroatoms. The Morgan fingerprint density at radius 3 is 2.45 bits per heavy atom. The van der Waals surface area contributed by atoms with Gasteiger partial charge in [-0.05, 0) is 36.4 Å². The van der Waals surface area contributed by atoms with Crippen LogP contribution in [0.25, 0.3) is 16.6 Å². The van der Waals surface area contributed by atoms with Gasteiger partial charge in [-0.3, -0.25) is 19.1 Å². The van der Waals surface area contributed by atoms with Gasteiger partial charge in [0.05, 0.1) is 16.6 Å². The van der Waals surface area contributed by atoms with Gasteiger partial charge in [0, 0.05) is 25.2 Å². The minimum Gasteiger partial charge on any atom is -0.382 e. The van der Waals surface area contributed by atoms with Gasteiger partial charge >= 0.3 is 0 Å². The zero-order valence-electron chi connectivity index (χ0n) is 18.2. The molecule has 33 heavy (non-hydrogen) atoms. The lowest BCUT2D eigenvalue weighted by Crippen LogP contribution is -2.35. The summed E-state index contributed by atoms with van der Waals surface area (Å²) in [4.78, 5) is 35.1. The molecule has 0 unspecified atom stereocenters. The summed E-state index contributed by atoms with van der Waals surface area (Å²) in [5, 5.41) is 0.409. The fourth-order valence-electron chi connectivity index (χ4n) is 2.94. The van der Waals surface area contributed by atoms with Crippen molar-refractivity contribution in [2.24, 2.45) is 21.5 Å². The number of rotatable bonds is 5. The summed E-state index contributed by atoms with van der Waals surface area (Å²) in [6.45, 7) is 5.21. The number of primary amides is 1. The number of carbonyl (C=O) groups excluding carboxylic acids is 1. The predicted molar refractivity (Wildman–Crippen MR) is 129 cm³/mol. The average molecular weight is 446 g/mol. The van der Waals surface area contributed by atoms with Crippen LogP contribution in [0.3, 0.4) is 0 Å². The first kappa shape index (κ1) is 24.7. The van der Waals surface area contributed by atoms with E-state index < -0.39 is 5.91 Å². The molecule has 2 aromatic carbocycles. The van der Waals surface area contributed by atoms with Gasteiger partial charge in [0.25, 0.3) is 11.5 Å². The quantitative estimate of drug-likeness (QED) is 0.353. The molecule has 1 heterocycles. The Morgan fingerprint density at radius 2 is 1.94 bits per heavy atom. The number of amidine groups is 1. The van der Waals surface area contributed by atoms with Crippen molar-refractivity contribution in [2.75, 3.05) is 7.05 Å². The van der Waals surface area contributed by atoms with E-state index >= 15 is 0 Å². The summed E-state index contributed by atoms with van der Waals surface area (Å²) in [7, 11) is 1.44. The van der Waals surface area contributed by atoms with Crippen molar-refractivity contribution in [1.29, 1.82) is 0 Å². The molecule has 0 bridgehead atoms. The number of terminal acetylenes is 1. The van der Waals surface area contributed by atoms with Crippen LogP contribution in [-0.4, -0.2) is 34.1 Å². The fourth-order valence-corrected chi connectivity index (χ4v) is 2.94. The molecule has 0 spiro atoms. The third-order valence-electron chi connectivity index (χ3n) is 4.46. The molecule has 0 saturated heterocycles. The van der Waals surface area contributed by atoms with E-state index in [2.05, 4.69) is 27.5 Å². The molecule has 8 nitrogen and oxygen atoms in total. The molecule has 0 saturated carbocycles. The summed E-state index contributed by atoms with van der Waals surface area (Å²) in [5.41, 5.74) is 11.6. The molecule has 0 atom stereocenters. The standard InChI is InChI=1S/C18H13FN2O.C6H10N4O/c1-3-12-6-5-7-15-17(12)18(22)21(16(4-2)20-15)14-10-8-13(19)9-11-14;1-3-10-4(6(8)11)5(7)9-2/h1,5-11H,4H2,2H3;3H,1H2,2H3,(H2,7,9)(H2,8,11). The lowest BCUT2D eigenvalue weighted by Gasteiger charge is -2.13. The monoisotopic (exact) mass is 446 g/mol. The Balaban J connectivity index is 0.000000299. The van der Waals surface area contributed by atoms with E-state index in [9.17, 15) is 14.0 Å². The van der Waals surface area contributed by atoms with Gasteiger partial charge in [0.2, 0.25) is 0 Å². The van der Waals surface area contributed by atoms with Gasteiger partial charge in [-0.2, -0.15) is 0 Å². The maximum atomic E-state index is 13.1. The van der Waals surface area contributed by atoms with E-state index in [0.29, 0.717) is 34.4 Å². The molecular formula is C24H23FN6O2. The number of aromatic nitrogens is 2. The minimum atomic E-state index is -0.715. The number of carbonyl (C=O) groups is 1. The topological polar surface area (TPSA) is 129 Å². The number of aryl methyl sites for hydroxylation is 1. The van der Waals surface area contributed by atoms with Crippen LogP contribution in [0.1, 0.15) is 18.3 Å². The van der Waals surface area contributed by atoms with E-state index in [4.69, 9.17) is 17.9 Å². The van der Waals surface area contributed by atoms with Crippen LogP contribution in [0.15, 0.2) is 70.0 Å². The van der Waals surface area contributed by atoms with Crippen LogP contribution in [0, 0.1) is 18.2 Å². The van der Waals surface area contributed by atoms with E-state index in [0.717, 1.165) is 0 Å². The molecule has 0 aliphatic carbocycles. The second-order valence-electron chi connectivity index (χ2n) is 6.48. The van der Waals surface area contributed by atoms with Crippen LogP contribution in [0.4, 0.5) is 4.39 Å². The molecule has 0 fully saturated rings. The van der Waals surface area contributed by atoms with E-state index in [-0.39, 0.29) is 22.9 Å². The van der Waals surface area contributed by atoms with E-state index in [1.54, 1.807) is 30.3 Å². The van der Waals surface area contributed by atoms with Crippen LogP contribution in [0.2, 0.25) is 0 Å². The maximum absolute atomic E-state index is 13.1. The number of benzene rings is 2. The second kappa shape index (κ2) is 11.2. The minimum absolute atomic E-state index is 0.0115. The van der Waals surface area contributed by atoms with Crippen molar-refractivity contribution in [3.05, 3.63) is 82.8 Å². The predicted octanol–water partition coefficient (Wildman–Crippen LogP) is 2.11. The Hall–Kier alpha value is -4.58. The van der Waals surface area contributed by atoms with Crippen LogP contribution >= 0.6 is 0 Å². The number of fused-ring (bicyclic) bond motifs is 1. The number of halogens is 1. The Kier molecular flexibility index (Phi) is 8.35. The summed E-state index contributed by atoms with van der Waals surface area (Å²) < 4.78 is 14.6. The highest BCUT2D eigenvalue weighted by Gasteiger charge is 2.14.